The Labute approximate surface area is 148 Å². The maximum absolute atomic E-state index is 5.80. The van der Waals surface area contributed by atoms with Gasteiger partial charge in [0.05, 0.1) is 12.1 Å². The highest BCUT2D eigenvalue weighted by Gasteiger charge is 2.32. The molecule has 140 valence electrons. The highest BCUT2D eigenvalue weighted by atomic mass is 16.5. The van der Waals surface area contributed by atoms with E-state index >= 15 is 0 Å². The monoisotopic (exact) mass is 339 g/mol. The van der Waals surface area contributed by atoms with Crippen molar-refractivity contribution >= 4 is 5.96 Å². The van der Waals surface area contributed by atoms with Gasteiger partial charge in [0.1, 0.15) is 0 Å². The number of guanidine groups is 1. The van der Waals surface area contributed by atoms with Crippen molar-refractivity contribution < 1.29 is 9.47 Å². The summed E-state index contributed by atoms with van der Waals surface area (Å²) in [7, 11) is 1.80. The molecule has 1 aliphatic heterocycles. The minimum Gasteiger partial charge on any atom is -0.381 e. The Hall–Kier alpha value is -0.810. The molecule has 2 fully saturated rings. The molecule has 24 heavy (non-hydrogen) atoms. The SMILES string of the molecule is CCCC1CCC(NC(=NCC2(OC)CCOCC2)NCC)CC1. The zero-order valence-corrected chi connectivity index (χ0v) is 15.9. The molecule has 0 spiro atoms. The fourth-order valence-corrected chi connectivity index (χ4v) is 3.91. The standard InChI is InChI=1S/C19H37N3O2/c1-4-6-16-7-9-17(10-8-16)22-18(20-5-2)21-15-19(23-3)11-13-24-14-12-19/h16-17H,4-15H2,1-3H3,(H2,20,21,22). The third-order valence-electron chi connectivity index (χ3n) is 5.59. The summed E-state index contributed by atoms with van der Waals surface area (Å²) in [4.78, 5) is 4.84. The predicted molar refractivity (Wildman–Crippen MR) is 99.6 cm³/mol. The van der Waals surface area contributed by atoms with Crippen LogP contribution in [0.5, 0.6) is 0 Å². The molecule has 0 aromatic heterocycles. The summed E-state index contributed by atoms with van der Waals surface area (Å²) >= 11 is 0. The molecule has 1 saturated heterocycles. The number of methoxy groups -OCH3 is 1. The average molecular weight is 340 g/mol. The van der Waals surface area contributed by atoms with Crippen molar-refractivity contribution in [2.75, 3.05) is 33.4 Å². The summed E-state index contributed by atoms with van der Waals surface area (Å²) in [6.07, 6.45) is 9.78. The number of nitrogens with zero attached hydrogens (tertiary/aromatic N) is 1. The number of hydrogen-bond donors (Lipinski definition) is 2. The Morgan fingerprint density at radius 3 is 2.46 bits per heavy atom. The van der Waals surface area contributed by atoms with E-state index in [0.29, 0.717) is 12.6 Å². The topological polar surface area (TPSA) is 54.9 Å². The summed E-state index contributed by atoms with van der Waals surface area (Å²) in [5.41, 5.74) is -0.153. The second kappa shape index (κ2) is 10.2. The van der Waals surface area contributed by atoms with E-state index in [9.17, 15) is 0 Å². The van der Waals surface area contributed by atoms with E-state index in [1.54, 1.807) is 7.11 Å². The van der Waals surface area contributed by atoms with Gasteiger partial charge in [0, 0.05) is 45.8 Å². The van der Waals surface area contributed by atoms with Crippen molar-refractivity contribution in [2.45, 2.75) is 76.9 Å². The Bertz CT molecular complexity index is 373. The number of aliphatic imine (C=N–C) groups is 1. The molecule has 2 rings (SSSR count). The third kappa shape index (κ3) is 5.92. The van der Waals surface area contributed by atoms with E-state index in [4.69, 9.17) is 14.5 Å². The first kappa shape index (κ1) is 19.5. The van der Waals surface area contributed by atoms with Crippen LogP contribution in [0.4, 0.5) is 0 Å². The molecule has 5 nitrogen and oxygen atoms in total. The lowest BCUT2D eigenvalue weighted by atomic mass is 9.83. The lowest BCUT2D eigenvalue weighted by Gasteiger charge is -2.35. The van der Waals surface area contributed by atoms with Crippen LogP contribution in [0.15, 0.2) is 4.99 Å². The largest absolute Gasteiger partial charge is 0.381 e. The van der Waals surface area contributed by atoms with Crippen molar-refractivity contribution in [3.63, 3.8) is 0 Å². The Kier molecular flexibility index (Phi) is 8.33. The minimum atomic E-state index is -0.153. The predicted octanol–water partition coefficient (Wildman–Crippen LogP) is 3.10. The van der Waals surface area contributed by atoms with Crippen LogP contribution >= 0.6 is 0 Å². The van der Waals surface area contributed by atoms with Crippen LogP contribution in [-0.4, -0.2) is 51.0 Å². The van der Waals surface area contributed by atoms with Crippen LogP contribution in [0.3, 0.4) is 0 Å². The van der Waals surface area contributed by atoms with E-state index in [2.05, 4.69) is 24.5 Å². The van der Waals surface area contributed by atoms with Gasteiger partial charge in [-0.25, -0.2) is 0 Å². The Balaban J connectivity index is 1.86. The summed E-state index contributed by atoms with van der Waals surface area (Å²) < 4.78 is 11.3. The average Bonchev–Trinajstić information content (AvgIpc) is 2.62. The summed E-state index contributed by atoms with van der Waals surface area (Å²) in [5, 5.41) is 7.05. The molecule has 1 saturated carbocycles. The van der Waals surface area contributed by atoms with Crippen molar-refractivity contribution in [1.82, 2.24) is 10.6 Å². The van der Waals surface area contributed by atoms with Crippen LogP contribution < -0.4 is 10.6 Å². The van der Waals surface area contributed by atoms with E-state index < -0.39 is 0 Å². The summed E-state index contributed by atoms with van der Waals surface area (Å²) in [6, 6.07) is 0.559. The summed E-state index contributed by atoms with van der Waals surface area (Å²) in [6.45, 7) is 7.55. The molecule has 1 heterocycles. The normalized spacial score (nSPS) is 27.7. The quantitative estimate of drug-likeness (QED) is 0.553. The maximum Gasteiger partial charge on any atom is 0.191 e. The van der Waals surface area contributed by atoms with Crippen LogP contribution in [0, 0.1) is 5.92 Å². The zero-order chi connectivity index (χ0) is 17.3. The number of rotatable bonds is 7. The first-order valence-corrected chi connectivity index (χ1v) is 9.89. The van der Waals surface area contributed by atoms with Crippen molar-refractivity contribution in [3.05, 3.63) is 0 Å². The minimum absolute atomic E-state index is 0.153. The van der Waals surface area contributed by atoms with Gasteiger partial charge in [0.25, 0.3) is 0 Å². The van der Waals surface area contributed by atoms with E-state index in [0.717, 1.165) is 44.5 Å². The lowest BCUT2D eigenvalue weighted by molar-refractivity contribution is -0.0828. The van der Waals surface area contributed by atoms with Gasteiger partial charge in [0.2, 0.25) is 0 Å². The van der Waals surface area contributed by atoms with Gasteiger partial charge in [-0.1, -0.05) is 19.8 Å². The third-order valence-corrected chi connectivity index (χ3v) is 5.59. The van der Waals surface area contributed by atoms with Gasteiger partial charge in [-0.05, 0) is 38.5 Å². The van der Waals surface area contributed by atoms with Crippen molar-refractivity contribution in [2.24, 2.45) is 10.9 Å². The van der Waals surface area contributed by atoms with Crippen LogP contribution in [0.25, 0.3) is 0 Å². The first-order chi connectivity index (χ1) is 11.7. The van der Waals surface area contributed by atoms with Gasteiger partial charge >= 0.3 is 0 Å². The molecule has 0 aromatic carbocycles. The second-order valence-corrected chi connectivity index (χ2v) is 7.35. The van der Waals surface area contributed by atoms with Crippen molar-refractivity contribution in [1.29, 1.82) is 0 Å². The number of nitrogens with one attached hydrogen (secondary N) is 2. The van der Waals surface area contributed by atoms with Gasteiger partial charge in [0.15, 0.2) is 5.96 Å². The maximum atomic E-state index is 5.80. The van der Waals surface area contributed by atoms with Crippen LogP contribution in [0.2, 0.25) is 0 Å². The molecule has 0 unspecified atom stereocenters. The van der Waals surface area contributed by atoms with E-state index in [-0.39, 0.29) is 5.60 Å². The molecule has 0 amide bonds. The molecule has 1 aliphatic carbocycles. The van der Waals surface area contributed by atoms with Crippen LogP contribution in [-0.2, 0) is 9.47 Å². The smallest absolute Gasteiger partial charge is 0.191 e. The molecule has 0 radical (unpaired) electrons. The van der Waals surface area contributed by atoms with Crippen LogP contribution in [0.1, 0.15) is 65.2 Å². The molecular formula is C19H37N3O2. The zero-order valence-electron chi connectivity index (χ0n) is 15.9. The fourth-order valence-electron chi connectivity index (χ4n) is 3.91. The Morgan fingerprint density at radius 1 is 1.17 bits per heavy atom. The fraction of sp³-hybridized carbons (Fsp3) is 0.947. The highest BCUT2D eigenvalue weighted by molar-refractivity contribution is 5.80. The molecular weight excluding hydrogens is 302 g/mol. The molecule has 0 bridgehead atoms. The molecule has 2 aliphatic rings. The van der Waals surface area contributed by atoms with Gasteiger partial charge < -0.3 is 20.1 Å². The molecule has 0 atom stereocenters. The van der Waals surface area contributed by atoms with Gasteiger partial charge in [-0.2, -0.15) is 0 Å². The van der Waals surface area contributed by atoms with E-state index in [1.807, 2.05) is 0 Å². The molecule has 0 aromatic rings. The summed E-state index contributed by atoms with van der Waals surface area (Å²) in [5.74, 6) is 1.88. The molecule has 5 heteroatoms. The van der Waals surface area contributed by atoms with Gasteiger partial charge in [-0.15, -0.1) is 0 Å². The second-order valence-electron chi connectivity index (χ2n) is 7.35. The first-order valence-electron chi connectivity index (χ1n) is 9.89. The highest BCUT2D eigenvalue weighted by Crippen LogP contribution is 2.28. The lowest BCUT2D eigenvalue weighted by Crippen LogP contribution is -2.47. The van der Waals surface area contributed by atoms with E-state index in [1.165, 1.54) is 38.5 Å². The van der Waals surface area contributed by atoms with Gasteiger partial charge in [-0.3, -0.25) is 4.99 Å². The number of hydrogen-bond acceptors (Lipinski definition) is 3. The number of ether oxygens (including phenoxy) is 2. The molecule has 2 N–H and O–H groups in total. The van der Waals surface area contributed by atoms with Crippen molar-refractivity contribution in [3.8, 4) is 0 Å². The Morgan fingerprint density at radius 2 is 1.88 bits per heavy atom.